The molecule has 0 saturated carbocycles. The van der Waals surface area contributed by atoms with Gasteiger partial charge in [-0.1, -0.05) is 66.2 Å². The summed E-state index contributed by atoms with van der Waals surface area (Å²) in [6.45, 7) is 4.25. The number of hydrogen-bond acceptors (Lipinski definition) is 3. The highest BCUT2D eigenvalue weighted by atomic mass is 16.5. The Hall–Kier alpha value is -2.88. The quantitative estimate of drug-likeness (QED) is 0.648. The lowest BCUT2D eigenvalue weighted by molar-refractivity contribution is -0.147. The van der Waals surface area contributed by atoms with E-state index < -0.39 is 11.9 Å². The molecule has 130 valence electrons. The largest absolute Gasteiger partial charge is 0.468 e. The molecule has 0 spiro atoms. The number of aryl methyl sites for hydroxylation is 1. The molecular weight excluding hydrogens is 314 g/mol. The molecule has 2 rings (SSSR count). The van der Waals surface area contributed by atoms with E-state index in [9.17, 15) is 9.59 Å². The van der Waals surface area contributed by atoms with E-state index in [-0.39, 0.29) is 5.91 Å². The molecule has 0 aliphatic heterocycles. The number of methoxy groups -OCH3 is 1. The molecule has 4 nitrogen and oxygen atoms in total. The van der Waals surface area contributed by atoms with Crippen molar-refractivity contribution in [2.75, 3.05) is 7.11 Å². The van der Waals surface area contributed by atoms with Crippen molar-refractivity contribution in [3.63, 3.8) is 0 Å². The minimum atomic E-state index is -0.978. The van der Waals surface area contributed by atoms with Gasteiger partial charge in [-0.05, 0) is 30.5 Å². The van der Waals surface area contributed by atoms with Crippen LogP contribution in [-0.2, 0) is 20.9 Å². The number of carbonyl (C=O) groups excluding carboxylic acids is 2. The first-order valence-corrected chi connectivity index (χ1v) is 8.16. The second kappa shape index (κ2) is 8.83. The second-order valence-corrected chi connectivity index (χ2v) is 5.92. The first-order valence-electron chi connectivity index (χ1n) is 8.16. The van der Waals surface area contributed by atoms with Crippen molar-refractivity contribution in [3.8, 4) is 0 Å². The van der Waals surface area contributed by atoms with E-state index in [0.29, 0.717) is 6.54 Å². The number of rotatable bonds is 6. The Labute approximate surface area is 148 Å². The molecular formula is C21H23NO3. The molecule has 0 heterocycles. The van der Waals surface area contributed by atoms with Crippen molar-refractivity contribution in [1.29, 1.82) is 0 Å². The van der Waals surface area contributed by atoms with Crippen LogP contribution in [-0.4, -0.2) is 19.0 Å². The van der Waals surface area contributed by atoms with Gasteiger partial charge in [0, 0.05) is 6.54 Å². The van der Waals surface area contributed by atoms with E-state index in [1.165, 1.54) is 7.11 Å². The normalized spacial score (nSPS) is 12.4. The van der Waals surface area contributed by atoms with Crippen LogP contribution in [0.15, 0.2) is 60.7 Å². The fourth-order valence-corrected chi connectivity index (χ4v) is 2.51. The molecule has 0 radical (unpaired) electrons. The van der Waals surface area contributed by atoms with Gasteiger partial charge < -0.3 is 10.1 Å². The zero-order valence-corrected chi connectivity index (χ0v) is 14.8. The molecule has 0 aromatic heterocycles. The third-order valence-electron chi connectivity index (χ3n) is 3.94. The third kappa shape index (κ3) is 5.31. The van der Waals surface area contributed by atoms with Crippen molar-refractivity contribution in [3.05, 3.63) is 77.4 Å². The molecule has 0 aliphatic rings. The summed E-state index contributed by atoms with van der Waals surface area (Å²) in [5.41, 5.74) is 3.92. The zero-order valence-electron chi connectivity index (χ0n) is 14.8. The van der Waals surface area contributed by atoms with Gasteiger partial charge in [-0.15, -0.1) is 0 Å². The number of ether oxygens (including phenoxy) is 1. The summed E-state index contributed by atoms with van der Waals surface area (Å²) in [6, 6.07) is 17.5. The van der Waals surface area contributed by atoms with Gasteiger partial charge in [0.15, 0.2) is 5.92 Å². The number of nitrogens with one attached hydrogen (secondary N) is 1. The minimum absolute atomic E-state index is 0.366. The highest BCUT2D eigenvalue weighted by Gasteiger charge is 2.25. The Morgan fingerprint density at radius 1 is 1.12 bits per heavy atom. The minimum Gasteiger partial charge on any atom is -0.468 e. The van der Waals surface area contributed by atoms with E-state index in [1.807, 2.05) is 68.4 Å². The van der Waals surface area contributed by atoms with Crippen LogP contribution in [0.2, 0.25) is 0 Å². The van der Waals surface area contributed by atoms with Crippen LogP contribution < -0.4 is 5.32 Å². The molecule has 0 bridgehead atoms. The average molecular weight is 337 g/mol. The van der Waals surface area contributed by atoms with Gasteiger partial charge in [0.1, 0.15) is 0 Å². The first kappa shape index (κ1) is 18.5. The van der Waals surface area contributed by atoms with Gasteiger partial charge >= 0.3 is 5.97 Å². The Kier molecular flexibility index (Phi) is 6.52. The fourth-order valence-electron chi connectivity index (χ4n) is 2.51. The standard InChI is InChI=1S/C21H23NO3/c1-15-8-7-11-18(12-15)16(2)13-19(21(24)25-3)20(23)22-14-17-9-5-4-6-10-17/h4-13,19H,14H2,1-3H3,(H,22,23)/b16-13+. The van der Waals surface area contributed by atoms with Crippen molar-refractivity contribution in [1.82, 2.24) is 5.32 Å². The van der Waals surface area contributed by atoms with Gasteiger partial charge in [0.25, 0.3) is 0 Å². The summed E-state index contributed by atoms with van der Waals surface area (Å²) in [6.07, 6.45) is 1.65. The van der Waals surface area contributed by atoms with Crippen molar-refractivity contribution < 1.29 is 14.3 Å². The van der Waals surface area contributed by atoms with Gasteiger partial charge in [-0.25, -0.2) is 0 Å². The summed E-state index contributed by atoms with van der Waals surface area (Å²) in [4.78, 5) is 24.6. The second-order valence-electron chi connectivity index (χ2n) is 5.92. The van der Waals surface area contributed by atoms with Crippen molar-refractivity contribution in [2.24, 2.45) is 5.92 Å². The molecule has 2 aromatic carbocycles. The van der Waals surface area contributed by atoms with Crippen LogP contribution in [0.3, 0.4) is 0 Å². The average Bonchev–Trinajstić information content (AvgIpc) is 2.64. The number of amides is 1. The lowest BCUT2D eigenvalue weighted by Crippen LogP contribution is -2.34. The molecule has 0 saturated heterocycles. The highest BCUT2D eigenvalue weighted by molar-refractivity contribution is 6.01. The summed E-state index contributed by atoms with van der Waals surface area (Å²) in [7, 11) is 1.29. The SMILES string of the molecule is COC(=O)C(/C=C(\C)c1cccc(C)c1)C(=O)NCc1ccccc1. The number of hydrogen-bond donors (Lipinski definition) is 1. The lowest BCUT2D eigenvalue weighted by atomic mass is 9.99. The van der Waals surface area contributed by atoms with E-state index in [1.54, 1.807) is 6.08 Å². The van der Waals surface area contributed by atoms with Crippen molar-refractivity contribution in [2.45, 2.75) is 20.4 Å². The van der Waals surface area contributed by atoms with Crippen LogP contribution in [0.1, 0.15) is 23.6 Å². The summed E-state index contributed by atoms with van der Waals surface area (Å²) < 4.78 is 4.80. The molecule has 25 heavy (non-hydrogen) atoms. The maximum atomic E-state index is 12.5. The summed E-state index contributed by atoms with van der Waals surface area (Å²) >= 11 is 0. The lowest BCUT2D eigenvalue weighted by Gasteiger charge is -2.13. The molecule has 4 heteroatoms. The van der Waals surface area contributed by atoms with Gasteiger partial charge in [0.05, 0.1) is 7.11 Å². The van der Waals surface area contributed by atoms with E-state index >= 15 is 0 Å². The van der Waals surface area contributed by atoms with Crippen molar-refractivity contribution >= 4 is 17.4 Å². The topological polar surface area (TPSA) is 55.4 Å². The van der Waals surface area contributed by atoms with Crippen LogP contribution >= 0.6 is 0 Å². The maximum Gasteiger partial charge on any atom is 0.322 e. The fraction of sp³-hybridized carbons (Fsp3) is 0.238. The third-order valence-corrected chi connectivity index (χ3v) is 3.94. The number of esters is 1. The number of allylic oxidation sites excluding steroid dienone is 1. The number of benzene rings is 2. The smallest absolute Gasteiger partial charge is 0.322 e. The molecule has 1 atom stereocenters. The van der Waals surface area contributed by atoms with Gasteiger partial charge in [-0.2, -0.15) is 0 Å². The van der Waals surface area contributed by atoms with E-state index in [0.717, 1.165) is 22.3 Å². The van der Waals surface area contributed by atoms with Crippen LogP contribution in [0.25, 0.3) is 5.57 Å². The zero-order chi connectivity index (χ0) is 18.2. The summed E-state index contributed by atoms with van der Waals surface area (Å²) in [5.74, 6) is -1.92. The number of carbonyl (C=O) groups is 2. The van der Waals surface area contributed by atoms with Crippen LogP contribution in [0.5, 0.6) is 0 Å². The van der Waals surface area contributed by atoms with Crippen LogP contribution in [0.4, 0.5) is 0 Å². The van der Waals surface area contributed by atoms with Gasteiger partial charge in [0.2, 0.25) is 5.91 Å². The maximum absolute atomic E-state index is 12.5. The monoisotopic (exact) mass is 337 g/mol. The summed E-state index contributed by atoms with van der Waals surface area (Å²) in [5, 5.41) is 2.80. The molecule has 0 aliphatic carbocycles. The first-order chi connectivity index (χ1) is 12.0. The molecule has 1 N–H and O–H groups in total. The Balaban J connectivity index is 2.16. The Bertz CT molecular complexity index is 766. The molecule has 2 aromatic rings. The van der Waals surface area contributed by atoms with E-state index in [4.69, 9.17) is 4.74 Å². The molecule has 0 fully saturated rings. The Morgan fingerprint density at radius 2 is 1.84 bits per heavy atom. The predicted molar refractivity (Wildman–Crippen MR) is 98.6 cm³/mol. The van der Waals surface area contributed by atoms with Gasteiger partial charge in [-0.3, -0.25) is 9.59 Å². The highest BCUT2D eigenvalue weighted by Crippen LogP contribution is 2.18. The molecule has 1 amide bonds. The Morgan fingerprint density at radius 3 is 2.48 bits per heavy atom. The molecule has 1 unspecified atom stereocenters. The van der Waals surface area contributed by atoms with Crippen LogP contribution in [0, 0.1) is 12.8 Å². The van der Waals surface area contributed by atoms with E-state index in [2.05, 4.69) is 5.32 Å². The predicted octanol–water partition coefficient (Wildman–Crippen LogP) is 3.50.